The second kappa shape index (κ2) is 6.37. The van der Waals surface area contributed by atoms with E-state index in [1.54, 1.807) is 0 Å². The third-order valence-electron chi connectivity index (χ3n) is 3.09. The second-order valence-corrected chi connectivity index (χ2v) is 5.86. The van der Waals surface area contributed by atoms with Crippen LogP contribution in [0.1, 0.15) is 16.6 Å². The van der Waals surface area contributed by atoms with Crippen molar-refractivity contribution in [2.75, 3.05) is 6.61 Å². The minimum atomic E-state index is -5.02. The van der Waals surface area contributed by atoms with Gasteiger partial charge >= 0.3 is 0 Å². The molecule has 1 aromatic rings. The number of aliphatic hydroxyl groups is 1. The minimum absolute atomic E-state index is 0.118. The van der Waals surface area contributed by atoms with Gasteiger partial charge in [-0.25, -0.2) is 4.39 Å². The maximum atomic E-state index is 13.9. The average Bonchev–Trinajstić information content (AvgIpc) is 2.72. The molecule has 4 N–H and O–H groups in total. The van der Waals surface area contributed by atoms with Gasteiger partial charge in [-0.3, -0.25) is 9.36 Å². The highest BCUT2D eigenvalue weighted by atomic mass is 31.2. The Hall–Kier alpha value is -1.42. The van der Waals surface area contributed by atoms with Crippen LogP contribution >= 0.6 is 7.82 Å². The molecule has 0 aromatic carbocycles. The van der Waals surface area contributed by atoms with E-state index in [9.17, 15) is 23.7 Å². The largest absolute Gasteiger partial charge is 0.756 e. The Morgan fingerprint density at radius 1 is 1.64 bits per heavy atom. The van der Waals surface area contributed by atoms with Crippen LogP contribution in [0.3, 0.4) is 0 Å². The number of aromatic nitrogens is 1. The Morgan fingerprint density at radius 2 is 2.32 bits per heavy atom. The number of hydrogen-bond acceptors (Lipinski definition) is 6. The lowest BCUT2D eigenvalue weighted by molar-refractivity contribution is -0.765. The van der Waals surface area contributed by atoms with Gasteiger partial charge in [-0.05, 0) is 6.07 Å². The normalized spacial score (nSPS) is 30.9. The van der Waals surface area contributed by atoms with Crippen LogP contribution in [-0.4, -0.2) is 40.9 Å². The van der Waals surface area contributed by atoms with Crippen LogP contribution in [0.4, 0.5) is 4.39 Å². The monoisotopic (exact) mass is 336 g/mol. The number of ether oxygens (including phenoxy) is 1. The first kappa shape index (κ1) is 16.9. The summed E-state index contributed by atoms with van der Waals surface area (Å²) in [6, 6.07) is 2.87. The van der Waals surface area contributed by atoms with Crippen LogP contribution in [0.15, 0.2) is 24.5 Å². The van der Waals surface area contributed by atoms with Gasteiger partial charge in [0.2, 0.25) is 0 Å². The summed E-state index contributed by atoms with van der Waals surface area (Å²) in [7, 11) is -5.02. The molecule has 0 bridgehead atoms. The Morgan fingerprint density at radius 3 is 2.91 bits per heavy atom. The molecule has 9 nitrogen and oxygen atoms in total. The summed E-state index contributed by atoms with van der Waals surface area (Å²) in [6.07, 6.45) is -3.49. The first-order valence-corrected chi connectivity index (χ1v) is 7.65. The van der Waals surface area contributed by atoms with E-state index in [4.69, 9.17) is 15.4 Å². The quantitative estimate of drug-likeness (QED) is 0.422. The SMILES string of the molecule is NC(=O)c1ccc[n+]([C@@H]2O[C@H](COP(=O)([O-])O)[C@H](F)[C@H]2O)c1. The molecule has 1 aromatic heterocycles. The van der Waals surface area contributed by atoms with E-state index < -0.39 is 44.9 Å². The lowest BCUT2D eigenvalue weighted by Gasteiger charge is -2.18. The number of amides is 1. The van der Waals surface area contributed by atoms with Gasteiger partial charge in [0.15, 0.2) is 24.7 Å². The van der Waals surface area contributed by atoms with Crippen LogP contribution in [0, 0.1) is 0 Å². The number of phosphoric ester groups is 1. The van der Waals surface area contributed by atoms with E-state index in [1.165, 1.54) is 29.1 Å². The van der Waals surface area contributed by atoms with E-state index >= 15 is 0 Å². The van der Waals surface area contributed by atoms with Crippen LogP contribution < -0.4 is 15.2 Å². The molecule has 0 aliphatic carbocycles. The first-order chi connectivity index (χ1) is 10.2. The molecule has 5 atom stereocenters. The van der Waals surface area contributed by atoms with Crippen molar-refractivity contribution in [1.82, 2.24) is 0 Å². The van der Waals surface area contributed by atoms with Crippen LogP contribution in [0.2, 0.25) is 0 Å². The average molecular weight is 336 g/mol. The van der Waals surface area contributed by atoms with Crippen molar-refractivity contribution in [3.8, 4) is 0 Å². The number of aliphatic hydroxyl groups excluding tert-OH is 1. The van der Waals surface area contributed by atoms with Gasteiger partial charge in [0.05, 0.1) is 6.61 Å². The van der Waals surface area contributed by atoms with Crippen molar-refractivity contribution < 1.29 is 42.5 Å². The molecule has 1 fully saturated rings. The van der Waals surface area contributed by atoms with Crippen molar-refractivity contribution in [3.05, 3.63) is 30.1 Å². The fourth-order valence-electron chi connectivity index (χ4n) is 2.05. The van der Waals surface area contributed by atoms with Crippen LogP contribution in [0.25, 0.3) is 0 Å². The van der Waals surface area contributed by atoms with Gasteiger partial charge in [-0.2, -0.15) is 4.57 Å². The molecule has 0 spiro atoms. The smallest absolute Gasteiger partial charge is 0.292 e. The van der Waals surface area contributed by atoms with Crippen molar-refractivity contribution in [3.63, 3.8) is 0 Å². The number of primary amides is 1. The number of carbonyl (C=O) groups is 1. The van der Waals surface area contributed by atoms with E-state index in [0.29, 0.717) is 0 Å². The Bertz CT molecular complexity index is 610. The first-order valence-electron chi connectivity index (χ1n) is 6.15. The van der Waals surface area contributed by atoms with Gasteiger partial charge in [-0.1, -0.05) is 0 Å². The third kappa shape index (κ3) is 3.86. The maximum Gasteiger partial charge on any atom is 0.292 e. The molecule has 1 unspecified atom stereocenters. The summed E-state index contributed by atoms with van der Waals surface area (Å²) in [5.41, 5.74) is 5.24. The molecule has 0 radical (unpaired) electrons. The van der Waals surface area contributed by atoms with E-state index in [1.807, 2.05) is 0 Å². The summed E-state index contributed by atoms with van der Waals surface area (Å²) in [4.78, 5) is 30.1. The number of hydrogen-bond donors (Lipinski definition) is 3. The molecule has 0 saturated carbocycles. The van der Waals surface area contributed by atoms with Gasteiger partial charge in [0.25, 0.3) is 20.0 Å². The predicted octanol–water partition coefficient (Wildman–Crippen LogP) is -1.85. The molecular formula is C11H14FN2O7P. The molecule has 1 aliphatic rings. The number of pyridine rings is 1. The van der Waals surface area contributed by atoms with Crippen molar-refractivity contribution in [2.24, 2.45) is 5.73 Å². The highest BCUT2D eigenvalue weighted by Crippen LogP contribution is 2.34. The lowest BCUT2D eigenvalue weighted by Crippen LogP contribution is -2.46. The zero-order valence-electron chi connectivity index (χ0n) is 11.1. The van der Waals surface area contributed by atoms with Crippen molar-refractivity contribution in [1.29, 1.82) is 0 Å². The Balaban J connectivity index is 2.14. The molecule has 11 heteroatoms. The summed E-state index contributed by atoms with van der Waals surface area (Å²) in [5.74, 6) is -0.717. The molecule has 1 amide bonds. The molecule has 2 rings (SSSR count). The summed E-state index contributed by atoms with van der Waals surface area (Å²) < 4.78 is 34.9. The van der Waals surface area contributed by atoms with Crippen LogP contribution in [0.5, 0.6) is 0 Å². The number of halogens is 1. The predicted molar refractivity (Wildman–Crippen MR) is 65.7 cm³/mol. The summed E-state index contributed by atoms with van der Waals surface area (Å²) in [5, 5.41) is 9.84. The number of phosphoric acid groups is 1. The van der Waals surface area contributed by atoms with Gasteiger partial charge < -0.3 is 29.9 Å². The number of rotatable bonds is 5. The third-order valence-corrected chi connectivity index (χ3v) is 3.57. The molecule has 22 heavy (non-hydrogen) atoms. The Kier molecular flexibility index (Phi) is 4.90. The molecule has 1 saturated heterocycles. The van der Waals surface area contributed by atoms with Crippen LogP contribution in [-0.2, 0) is 13.8 Å². The fraction of sp³-hybridized carbons (Fsp3) is 0.455. The van der Waals surface area contributed by atoms with Gasteiger partial charge in [-0.15, -0.1) is 0 Å². The minimum Gasteiger partial charge on any atom is -0.756 e. The number of carbonyl (C=O) groups excluding carboxylic acids is 1. The highest BCUT2D eigenvalue weighted by molar-refractivity contribution is 7.44. The zero-order chi connectivity index (χ0) is 16.5. The van der Waals surface area contributed by atoms with Gasteiger partial charge in [0.1, 0.15) is 11.7 Å². The zero-order valence-corrected chi connectivity index (χ0v) is 12.0. The molecular weight excluding hydrogens is 322 g/mol. The standard InChI is InChI=1S/C11H14FN2O7P/c12-8-7(5-20-22(17,18)19)21-11(9(8)15)14-3-1-2-6(4-14)10(13)16/h1-4,7-9,11,15H,5H2,(H3-,13,16,17,18,19)/t7-,8+,9-,11-/m1/s1. The maximum absolute atomic E-state index is 13.9. The Labute approximate surface area is 124 Å². The van der Waals surface area contributed by atoms with Gasteiger partial charge in [0, 0.05) is 6.07 Å². The lowest BCUT2D eigenvalue weighted by atomic mass is 10.1. The molecule has 2 heterocycles. The number of alkyl halides is 1. The van der Waals surface area contributed by atoms with Crippen molar-refractivity contribution >= 4 is 13.7 Å². The topological polar surface area (TPSA) is 146 Å². The molecule has 1 aliphatic heterocycles. The molecule has 122 valence electrons. The summed E-state index contributed by atoms with van der Waals surface area (Å²) in [6.45, 7) is -0.790. The highest BCUT2D eigenvalue weighted by Gasteiger charge is 2.49. The fourth-order valence-corrected chi connectivity index (χ4v) is 2.39. The van der Waals surface area contributed by atoms with E-state index in [0.717, 1.165) is 0 Å². The number of nitrogens with zero attached hydrogens (tertiary/aromatic N) is 1. The van der Waals surface area contributed by atoms with E-state index in [2.05, 4.69) is 4.52 Å². The van der Waals surface area contributed by atoms with E-state index in [-0.39, 0.29) is 5.56 Å². The second-order valence-electron chi connectivity index (χ2n) is 4.67. The number of nitrogens with two attached hydrogens (primary N) is 1. The van der Waals surface area contributed by atoms with Crippen molar-refractivity contribution in [2.45, 2.75) is 24.6 Å². The summed E-state index contributed by atoms with van der Waals surface area (Å²) >= 11 is 0.